The lowest BCUT2D eigenvalue weighted by Gasteiger charge is -2.07. The van der Waals surface area contributed by atoms with Crippen molar-refractivity contribution in [2.75, 3.05) is 5.75 Å². The summed E-state index contributed by atoms with van der Waals surface area (Å²) >= 11 is 0. The first-order valence-corrected chi connectivity index (χ1v) is 9.22. The topological polar surface area (TPSA) is 81.9 Å². The lowest BCUT2D eigenvalue weighted by Crippen LogP contribution is -2.22. The number of nitrogens with zero attached hydrogens (tertiary/aromatic N) is 3. The summed E-state index contributed by atoms with van der Waals surface area (Å²) in [6.07, 6.45) is 3.33. The summed E-state index contributed by atoms with van der Waals surface area (Å²) < 4.78 is 26.1. The number of benzene rings is 1. The van der Waals surface area contributed by atoms with E-state index in [2.05, 4.69) is 9.97 Å². The Bertz CT molecular complexity index is 1020. The van der Waals surface area contributed by atoms with Crippen LogP contribution in [0.25, 0.3) is 11.0 Å². The standard InChI is InChI=1S/C17H17N3O3S/c1-13-5-7-14(8-6-13)24(22,23)11-3-10-20-12-19-16-15(17(20)21)4-2-9-18-16/h2,4-9,12H,3,10-11H2,1H3. The van der Waals surface area contributed by atoms with Crippen molar-refractivity contribution >= 4 is 20.9 Å². The second-order valence-electron chi connectivity index (χ2n) is 5.60. The molecule has 124 valence electrons. The van der Waals surface area contributed by atoms with Gasteiger partial charge in [-0.25, -0.2) is 18.4 Å². The van der Waals surface area contributed by atoms with E-state index in [0.29, 0.717) is 28.9 Å². The van der Waals surface area contributed by atoms with Crippen molar-refractivity contribution in [2.24, 2.45) is 0 Å². The van der Waals surface area contributed by atoms with Crippen LogP contribution in [-0.4, -0.2) is 28.7 Å². The van der Waals surface area contributed by atoms with Gasteiger partial charge in [0.1, 0.15) is 0 Å². The minimum Gasteiger partial charge on any atom is -0.299 e. The normalized spacial score (nSPS) is 11.7. The predicted octanol–water partition coefficient (Wildman–Crippen LogP) is 1.96. The maximum absolute atomic E-state index is 12.3. The van der Waals surface area contributed by atoms with Crippen molar-refractivity contribution in [3.8, 4) is 0 Å². The Labute approximate surface area is 139 Å². The highest BCUT2D eigenvalue weighted by atomic mass is 32.2. The molecule has 0 saturated heterocycles. The largest absolute Gasteiger partial charge is 0.299 e. The molecule has 0 fully saturated rings. The average molecular weight is 343 g/mol. The molecular weight excluding hydrogens is 326 g/mol. The van der Waals surface area contributed by atoms with Crippen LogP contribution in [0.1, 0.15) is 12.0 Å². The molecule has 0 bridgehead atoms. The van der Waals surface area contributed by atoms with Crippen molar-refractivity contribution in [3.63, 3.8) is 0 Å². The molecule has 0 N–H and O–H groups in total. The van der Waals surface area contributed by atoms with Gasteiger partial charge in [-0.1, -0.05) is 17.7 Å². The van der Waals surface area contributed by atoms with E-state index < -0.39 is 9.84 Å². The summed E-state index contributed by atoms with van der Waals surface area (Å²) in [6, 6.07) is 10.1. The van der Waals surface area contributed by atoms with Crippen molar-refractivity contribution in [3.05, 3.63) is 64.8 Å². The Hall–Kier alpha value is -2.54. The summed E-state index contributed by atoms with van der Waals surface area (Å²) in [7, 11) is -3.35. The quantitative estimate of drug-likeness (QED) is 0.707. The Morgan fingerprint density at radius 1 is 1.08 bits per heavy atom. The number of fused-ring (bicyclic) bond motifs is 1. The average Bonchev–Trinajstić information content (AvgIpc) is 2.57. The summed E-state index contributed by atoms with van der Waals surface area (Å²) in [4.78, 5) is 20.8. The minimum absolute atomic E-state index is 0.0203. The Morgan fingerprint density at radius 2 is 1.83 bits per heavy atom. The number of hydrogen-bond donors (Lipinski definition) is 0. The van der Waals surface area contributed by atoms with Crippen LogP contribution in [0, 0.1) is 6.92 Å². The Morgan fingerprint density at radius 3 is 2.58 bits per heavy atom. The van der Waals surface area contributed by atoms with Gasteiger partial charge in [0, 0.05) is 12.7 Å². The van der Waals surface area contributed by atoms with E-state index in [9.17, 15) is 13.2 Å². The molecule has 2 heterocycles. The number of pyridine rings is 1. The zero-order valence-corrected chi connectivity index (χ0v) is 14.0. The number of aromatic nitrogens is 3. The van der Waals surface area contributed by atoms with E-state index in [1.807, 2.05) is 6.92 Å². The zero-order valence-electron chi connectivity index (χ0n) is 13.2. The number of sulfone groups is 1. The van der Waals surface area contributed by atoms with Crippen LogP contribution >= 0.6 is 0 Å². The van der Waals surface area contributed by atoms with Crippen molar-refractivity contribution < 1.29 is 8.42 Å². The molecule has 0 aliphatic carbocycles. The molecule has 0 saturated carbocycles. The number of aryl methyl sites for hydroxylation is 2. The fourth-order valence-electron chi connectivity index (χ4n) is 2.45. The third kappa shape index (κ3) is 3.35. The van der Waals surface area contributed by atoms with E-state index >= 15 is 0 Å². The van der Waals surface area contributed by atoms with Gasteiger partial charge in [-0.3, -0.25) is 9.36 Å². The molecule has 0 radical (unpaired) electrons. The third-order valence-electron chi connectivity index (χ3n) is 3.79. The van der Waals surface area contributed by atoms with Crippen LogP contribution in [0.2, 0.25) is 0 Å². The van der Waals surface area contributed by atoms with Crippen molar-refractivity contribution in [1.29, 1.82) is 0 Å². The first kappa shape index (κ1) is 16.3. The summed E-state index contributed by atoms with van der Waals surface area (Å²) in [6.45, 7) is 2.20. The van der Waals surface area contributed by atoms with E-state index in [4.69, 9.17) is 0 Å². The monoisotopic (exact) mass is 343 g/mol. The van der Waals surface area contributed by atoms with Gasteiger partial charge in [0.15, 0.2) is 15.5 Å². The maximum atomic E-state index is 12.3. The van der Waals surface area contributed by atoms with E-state index in [1.165, 1.54) is 10.9 Å². The van der Waals surface area contributed by atoms with Crippen molar-refractivity contribution in [1.82, 2.24) is 14.5 Å². The van der Waals surface area contributed by atoms with Gasteiger partial charge in [-0.2, -0.15) is 0 Å². The Kier molecular flexibility index (Phi) is 4.44. The molecule has 3 aromatic rings. The van der Waals surface area contributed by atoms with Crippen LogP contribution in [0.4, 0.5) is 0 Å². The first-order chi connectivity index (χ1) is 11.5. The highest BCUT2D eigenvalue weighted by Gasteiger charge is 2.14. The first-order valence-electron chi connectivity index (χ1n) is 7.57. The number of rotatable bonds is 5. The third-order valence-corrected chi connectivity index (χ3v) is 5.61. The molecule has 0 unspecified atom stereocenters. The molecule has 7 heteroatoms. The van der Waals surface area contributed by atoms with Crippen LogP contribution in [0.15, 0.2) is 58.6 Å². The van der Waals surface area contributed by atoms with Gasteiger partial charge in [0.25, 0.3) is 5.56 Å². The molecule has 24 heavy (non-hydrogen) atoms. The molecule has 0 spiro atoms. The van der Waals surface area contributed by atoms with Crippen LogP contribution in [0.3, 0.4) is 0 Å². The molecule has 1 aromatic carbocycles. The van der Waals surface area contributed by atoms with Crippen LogP contribution < -0.4 is 5.56 Å². The number of hydrogen-bond acceptors (Lipinski definition) is 5. The fraction of sp³-hybridized carbons (Fsp3) is 0.235. The van der Waals surface area contributed by atoms with E-state index in [-0.39, 0.29) is 11.3 Å². The van der Waals surface area contributed by atoms with Crippen molar-refractivity contribution in [2.45, 2.75) is 24.8 Å². The lowest BCUT2D eigenvalue weighted by molar-refractivity contribution is 0.583. The molecule has 2 aromatic heterocycles. The highest BCUT2D eigenvalue weighted by Crippen LogP contribution is 2.13. The maximum Gasteiger partial charge on any atom is 0.262 e. The minimum atomic E-state index is -3.35. The molecule has 0 aliphatic heterocycles. The lowest BCUT2D eigenvalue weighted by atomic mass is 10.2. The highest BCUT2D eigenvalue weighted by molar-refractivity contribution is 7.91. The van der Waals surface area contributed by atoms with E-state index in [1.54, 1.807) is 42.6 Å². The second kappa shape index (κ2) is 6.52. The smallest absolute Gasteiger partial charge is 0.262 e. The summed E-state index contributed by atoms with van der Waals surface area (Å²) in [5, 5.41) is 0.432. The van der Waals surface area contributed by atoms with Gasteiger partial charge in [-0.05, 0) is 37.6 Å². The molecule has 0 atom stereocenters. The second-order valence-corrected chi connectivity index (χ2v) is 7.71. The SMILES string of the molecule is Cc1ccc(S(=O)(=O)CCCn2cnc3ncccc3c2=O)cc1. The molecule has 0 aliphatic rings. The van der Waals surface area contributed by atoms with Gasteiger partial charge in [-0.15, -0.1) is 0 Å². The van der Waals surface area contributed by atoms with Gasteiger partial charge < -0.3 is 0 Å². The van der Waals surface area contributed by atoms with Gasteiger partial charge in [0.2, 0.25) is 0 Å². The van der Waals surface area contributed by atoms with E-state index in [0.717, 1.165) is 5.56 Å². The summed E-state index contributed by atoms with van der Waals surface area (Å²) in [5.74, 6) is -0.0203. The van der Waals surface area contributed by atoms with Gasteiger partial charge in [0.05, 0.1) is 22.4 Å². The molecule has 0 amide bonds. The molecule has 6 nitrogen and oxygen atoms in total. The summed E-state index contributed by atoms with van der Waals surface area (Å²) in [5.41, 5.74) is 1.20. The fourth-order valence-corrected chi connectivity index (χ4v) is 3.74. The zero-order chi connectivity index (χ0) is 17.2. The van der Waals surface area contributed by atoms with Gasteiger partial charge >= 0.3 is 0 Å². The molecular formula is C17H17N3O3S. The van der Waals surface area contributed by atoms with Crippen LogP contribution in [0.5, 0.6) is 0 Å². The predicted molar refractivity (Wildman–Crippen MR) is 91.6 cm³/mol. The molecule has 3 rings (SSSR count). The van der Waals surface area contributed by atoms with Crippen LogP contribution in [-0.2, 0) is 16.4 Å². The Balaban J connectivity index is 1.73.